The fourth-order valence-corrected chi connectivity index (χ4v) is 3.35. The van der Waals surface area contributed by atoms with Gasteiger partial charge in [-0.15, -0.1) is 0 Å². The molecule has 3 heterocycles. The molecule has 0 unspecified atom stereocenters. The lowest BCUT2D eigenvalue weighted by Crippen LogP contribution is -2.34. The van der Waals surface area contributed by atoms with Crippen molar-refractivity contribution in [3.05, 3.63) is 48.0 Å². The second kappa shape index (κ2) is 9.48. The van der Waals surface area contributed by atoms with E-state index in [1.807, 2.05) is 29.3 Å². The van der Waals surface area contributed by atoms with Gasteiger partial charge in [0, 0.05) is 31.4 Å². The van der Waals surface area contributed by atoms with Crippen LogP contribution >= 0.6 is 0 Å². The van der Waals surface area contributed by atoms with Crippen LogP contribution in [0.5, 0.6) is 0 Å². The fourth-order valence-electron chi connectivity index (χ4n) is 3.35. The summed E-state index contributed by atoms with van der Waals surface area (Å²) in [4.78, 5) is 19.1. The van der Waals surface area contributed by atoms with Crippen LogP contribution < -0.4 is 5.32 Å². The minimum Gasteiger partial charge on any atom is -0.335 e. The van der Waals surface area contributed by atoms with Crippen molar-refractivity contribution in [3.8, 4) is 0 Å². The Kier molecular flexibility index (Phi) is 6.77. The average molecular weight is 355 g/mol. The number of nitrogens with zero attached hydrogens (tertiary/aromatic N) is 4. The molecule has 0 bridgehead atoms. The van der Waals surface area contributed by atoms with Gasteiger partial charge >= 0.3 is 0 Å². The second-order valence-electron chi connectivity index (χ2n) is 6.97. The van der Waals surface area contributed by atoms with E-state index in [-0.39, 0.29) is 12.5 Å². The highest BCUT2D eigenvalue weighted by Gasteiger charge is 2.19. The lowest BCUT2D eigenvalue weighted by molar-refractivity contribution is -0.132. The number of nitrogens with one attached hydrogen (secondary N) is 1. The Morgan fingerprint density at radius 3 is 3.04 bits per heavy atom. The van der Waals surface area contributed by atoms with E-state index in [2.05, 4.69) is 28.4 Å². The Morgan fingerprint density at radius 2 is 2.31 bits per heavy atom. The number of rotatable bonds is 8. The van der Waals surface area contributed by atoms with Crippen molar-refractivity contribution in [3.63, 3.8) is 0 Å². The predicted molar refractivity (Wildman–Crippen MR) is 102 cm³/mol. The quantitative estimate of drug-likeness (QED) is 0.790. The number of carbonyl (C=O) groups excluding carboxylic acids is 1. The van der Waals surface area contributed by atoms with Crippen LogP contribution in [0.1, 0.15) is 49.9 Å². The lowest BCUT2D eigenvalue weighted by atomic mass is 9.97. The molecule has 1 saturated heterocycles. The molecule has 0 aromatic carbocycles. The van der Waals surface area contributed by atoms with E-state index in [0.717, 1.165) is 43.9 Å². The number of pyridine rings is 1. The van der Waals surface area contributed by atoms with Crippen LogP contribution in [0.2, 0.25) is 0 Å². The first-order valence-corrected chi connectivity index (χ1v) is 9.68. The molecular weight excluding hydrogens is 326 g/mol. The molecule has 2 aromatic heterocycles. The number of amides is 1. The number of carbonyl (C=O) groups is 1. The smallest absolute Gasteiger partial charge is 0.244 e. The first-order valence-electron chi connectivity index (χ1n) is 9.68. The summed E-state index contributed by atoms with van der Waals surface area (Å²) in [5.41, 5.74) is 2.02. The van der Waals surface area contributed by atoms with Gasteiger partial charge in [0.1, 0.15) is 6.54 Å². The van der Waals surface area contributed by atoms with Crippen molar-refractivity contribution >= 4 is 5.91 Å². The van der Waals surface area contributed by atoms with Crippen LogP contribution in [0.15, 0.2) is 36.7 Å². The Labute approximate surface area is 155 Å². The average Bonchev–Trinajstić information content (AvgIpc) is 3.15. The number of hydrogen-bond acceptors (Lipinski definition) is 4. The third kappa shape index (κ3) is 5.14. The zero-order valence-corrected chi connectivity index (χ0v) is 15.6. The van der Waals surface area contributed by atoms with Gasteiger partial charge in [-0.05, 0) is 44.0 Å². The third-order valence-corrected chi connectivity index (χ3v) is 4.89. The number of hydrogen-bond donors (Lipinski definition) is 1. The van der Waals surface area contributed by atoms with Gasteiger partial charge in [-0.3, -0.25) is 14.5 Å². The Morgan fingerprint density at radius 1 is 1.38 bits per heavy atom. The van der Waals surface area contributed by atoms with Gasteiger partial charge in [-0.2, -0.15) is 5.10 Å². The van der Waals surface area contributed by atoms with E-state index in [1.54, 1.807) is 10.9 Å². The molecule has 2 aromatic rings. The van der Waals surface area contributed by atoms with Crippen LogP contribution in [0, 0.1) is 0 Å². The first-order chi connectivity index (χ1) is 12.8. The van der Waals surface area contributed by atoms with Gasteiger partial charge in [0.2, 0.25) is 5.91 Å². The summed E-state index contributed by atoms with van der Waals surface area (Å²) in [6, 6.07) is 7.88. The van der Waals surface area contributed by atoms with Crippen molar-refractivity contribution in [2.24, 2.45) is 0 Å². The monoisotopic (exact) mass is 355 g/mol. The molecule has 0 saturated carbocycles. The Bertz CT molecular complexity index is 679. The molecule has 1 atom stereocenters. The molecule has 1 aliphatic rings. The minimum absolute atomic E-state index is 0.0977. The largest absolute Gasteiger partial charge is 0.335 e. The molecule has 0 spiro atoms. The van der Waals surface area contributed by atoms with E-state index in [1.165, 1.54) is 12.8 Å². The minimum atomic E-state index is 0.0977. The summed E-state index contributed by atoms with van der Waals surface area (Å²) in [7, 11) is 0. The topological polar surface area (TPSA) is 63.1 Å². The van der Waals surface area contributed by atoms with Gasteiger partial charge in [0.05, 0.1) is 17.9 Å². The first kappa shape index (κ1) is 18.6. The summed E-state index contributed by atoms with van der Waals surface area (Å²) in [5, 5.41) is 8.08. The molecule has 26 heavy (non-hydrogen) atoms. The maximum Gasteiger partial charge on any atom is 0.244 e. The van der Waals surface area contributed by atoms with E-state index >= 15 is 0 Å². The van der Waals surface area contributed by atoms with Crippen molar-refractivity contribution in [2.45, 2.75) is 51.6 Å². The Hall–Kier alpha value is -2.21. The number of aromatic nitrogens is 3. The molecule has 0 radical (unpaired) electrons. The molecule has 0 aliphatic carbocycles. The highest BCUT2D eigenvalue weighted by molar-refractivity contribution is 5.75. The lowest BCUT2D eigenvalue weighted by Gasteiger charge is -2.22. The molecule has 1 amide bonds. The summed E-state index contributed by atoms with van der Waals surface area (Å²) in [6.45, 7) is 5.81. The summed E-state index contributed by atoms with van der Waals surface area (Å²) in [5.74, 6) is 0.560. The normalized spacial score (nSPS) is 17.2. The molecule has 6 nitrogen and oxygen atoms in total. The van der Waals surface area contributed by atoms with Crippen molar-refractivity contribution in [2.75, 3.05) is 19.6 Å². The fraction of sp³-hybridized carbons (Fsp3) is 0.550. The zero-order valence-electron chi connectivity index (χ0n) is 15.6. The van der Waals surface area contributed by atoms with Gasteiger partial charge in [-0.1, -0.05) is 19.4 Å². The van der Waals surface area contributed by atoms with E-state index in [4.69, 9.17) is 0 Å². The molecule has 6 heteroatoms. The zero-order chi connectivity index (χ0) is 18.2. The molecule has 3 rings (SSSR count). The molecule has 1 fully saturated rings. The maximum atomic E-state index is 12.8. The van der Waals surface area contributed by atoms with Crippen LogP contribution in [0.25, 0.3) is 0 Å². The number of unbranched alkanes of at least 4 members (excludes halogenated alkanes) is 1. The van der Waals surface area contributed by atoms with E-state index in [0.29, 0.717) is 12.5 Å². The van der Waals surface area contributed by atoms with Crippen LogP contribution in [0.4, 0.5) is 0 Å². The summed E-state index contributed by atoms with van der Waals surface area (Å²) in [6.07, 6.45) is 8.12. The molecule has 1 aliphatic heterocycles. The third-order valence-electron chi connectivity index (χ3n) is 4.89. The SMILES string of the molecule is CCCCN(Cc1ccccn1)C(=O)Cn1ccc([C@@H]2CCCNC2)n1. The van der Waals surface area contributed by atoms with Crippen LogP contribution in [-0.4, -0.2) is 45.2 Å². The number of piperidine rings is 1. The van der Waals surface area contributed by atoms with Crippen LogP contribution in [0.3, 0.4) is 0 Å². The van der Waals surface area contributed by atoms with Crippen molar-refractivity contribution in [1.29, 1.82) is 0 Å². The van der Waals surface area contributed by atoms with Gasteiger partial charge in [-0.25, -0.2) is 0 Å². The predicted octanol–water partition coefficient (Wildman–Crippen LogP) is 2.57. The van der Waals surface area contributed by atoms with Crippen molar-refractivity contribution < 1.29 is 4.79 Å². The highest BCUT2D eigenvalue weighted by Crippen LogP contribution is 2.21. The Balaban J connectivity index is 1.62. The second-order valence-corrected chi connectivity index (χ2v) is 6.97. The maximum absolute atomic E-state index is 12.8. The standard InChI is InChI=1S/C20H29N5O/c1-2-3-12-24(15-18-8-4-5-11-22-18)20(26)16-25-13-9-19(23-25)17-7-6-10-21-14-17/h4-5,8-9,11,13,17,21H,2-3,6-7,10,12,14-16H2,1H3/t17-/m1/s1. The van der Waals surface area contributed by atoms with Crippen LogP contribution in [-0.2, 0) is 17.9 Å². The van der Waals surface area contributed by atoms with Crippen molar-refractivity contribution in [1.82, 2.24) is 25.0 Å². The molecular formula is C20H29N5O. The molecule has 1 N–H and O–H groups in total. The summed E-state index contributed by atoms with van der Waals surface area (Å²) < 4.78 is 1.78. The van der Waals surface area contributed by atoms with Gasteiger partial charge < -0.3 is 10.2 Å². The van der Waals surface area contributed by atoms with Gasteiger partial charge in [0.15, 0.2) is 0 Å². The van der Waals surface area contributed by atoms with E-state index < -0.39 is 0 Å². The van der Waals surface area contributed by atoms with Gasteiger partial charge in [0.25, 0.3) is 0 Å². The van der Waals surface area contributed by atoms with E-state index in [9.17, 15) is 4.79 Å². The highest BCUT2D eigenvalue weighted by atomic mass is 16.2. The molecule has 140 valence electrons. The summed E-state index contributed by atoms with van der Waals surface area (Å²) >= 11 is 0.